The molecule has 19 heavy (non-hydrogen) atoms. The molecular weight excluding hydrogens is 238 g/mol. The van der Waals surface area contributed by atoms with Crippen LogP contribution in [-0.2, 0) is 6.54 Å². The predicted molar refractivity (Wildman–Crippen MR) is 72.6 cm³/mol. The molecule has 0 saturated carbocycles. The van der Waals surface area contributed by atoms with Gasteiger partial charge in [0.25, 0.3) is 0 Å². The van der Waals surface area contributed by atoms with E-state index >= 15 is 0 Å². The number of nitrogens with one attached hydrogen (secondary N) is 1. The zero-order valence-corrected chi connectivity index (χ0v) is 11.0. The van der Waals surface area contributed by atoms with E-state index in [0.717, 1.165) is 17.9 Å². The highest BCUT2D eigenvalue weighted by atomic mass is 15.3. The van der Waals surface area contributed by atoms with Gasteiger partial charge in [-0.15, -0.1) is 0 Å². The quantitative estimate of drug-likeness (QED) is 0.779. The number of benzene rings is 1. The highest BCUT2D eigenvalue weighted by molar-refractivity contribution is 5.62. The molecule has 5 heteroatoms. The third kappa shape index (κ3) is 2.27. The van der Waals surface area contributed by atoms with E-state index in [1.807, 2.05) is 10.9 Å². The van der Waals surface area contributed by atoms with Gasteiger partial charge in [-0.3, -0.25) is 0 Å². The Labute approximate surface area is 111 Å². The molecular formula is C14H15N5. The Balaban J connectivity index is 2.03. The average molecular weight is 253 g/mol. The second-order valence-corrected chi connectivity index (χ2v) is 4.62. The zero-order valence-electron chi connectivity index (χ0n) is 11.0. The van der Waals surface area contributed by atoms with Crippen molar-refractivity contribution in [3.63, 3.8) is 0 Å². The maximum atomic E-state index is 4.32. The number of H-pyrrole nitrogens is 1. The monoisotopic (exact) mass is 253 g/mol. The van der Waals surface area contributed by atoms with Gasteiger partial charge in [-0.25, -0.2) is 14.6 Å². The molecule has 3 aromatic rings. The summed E-state index contributed by atoms with van der Waals surface area (Å²) in [6.07, 6.45) is 6.89. The smallest absolute Gasteiger partial charge is 0.137 e. The van der Waals surface area contributed by atoms with E-state index in [9.17, 15) is 0 Å². The summed E-state index contributed by atoms with van der Waals surface area (Å²) in [5, 5.41) is 4.15. The van der Waals surface area contributed by atoms with Crippen molar-refractivity contribution >= 4 is 0 Å². The lowest BCUT2D eigenvalue weighted by Crippen LogP contribution is -2.03. The molecule has 1 aromatic carbocycles. The Morgan fingerprint density at radius 1 is 1.21 bits per heavy atom. The van der Waals surface area contributed by atoms with E-state index in [1.165, 1.54) is 16.7 Å². The van der Waals surface area contributed by atoms with Gasteiger partial charge in [-0.05, 0) is 36.6 Å². The van der Waals surface area contributed by atoms with Crippen LogP contribution in [0.2, 0.25) is 0 Å². The lowest BCUT2D eigenvalue weighted by atomic mass is 9.99. The summed E-state index contributed by atoms with van der Waals surface area (Å²) in [5.74, 6) is 0.900. The molecule has 0 spiro atoms. The standard InChI is InChI=1S/C14H15N5/c1-10-5-11(2)13(14-16-3-4-17-14)6-12(10)7-19-9-15-8-18-19/h3-6,8-9H,7H2,1-2H3,(H,16,17). The van der Waals surface area contributed by atoms with Gasteiger partial charge < -0.3 is 4.98 Å². The Hall–Kier alpha value is -2.43. The third-order valence-electron chi connectivity index (χ3n) is 3.24. The largest absolute Gasteiger partial charge is 0.345 e. The van der Waals surface area contributed by atoms with Crippen LogP contribution in [0.25, 0.3) is 11.4 Å². The molecule has 0 saturated heterocycles. The van der Waals surface area contributed by atoms with Gasteiger partial charge in [-0.2, -0.15) is 5.10 Å². The van der Waals surface area contributed by atoms with Crippen molar-refractivity contribution < 1.29 is 0 Å². The van der Waals surface area contributed by atoms with Gasteiger partial charge in [0, 0.05) is 18.0 Å². The second-order valence-electron chi connectivity index (χ2n) is 4.62. The minimum atomic E-state index is 0.722. The number of nitrogens with zero attached hydrogens (tertiary/aromatic N) is 4. The van der Waals surface area contributed by atoms with Gasteiger partial charge in [0.05, 0.1) is 6.54 Å². The van der Waals surface area contributed by atoms with Crippen molar-refractivity contribution in [2.45, 2.75) is 20.4 Å². The van der Waals surface area contributed by atoms with E-state index in [4.69, 9.17) is 0 Å². The molecule has 0 aliphatic rings. The van der Waals surface area contributed by atoms with E-state index in [1.54, 1.807) is 18.9 Å². The highest BCUT2D eigenvalue weighted by Crippen LogP contribution is 2.24. The zero-order chi connectivity index (χ0) is 13.2. The number of aryl methyl sites for hydroxylation is 2. The third-order valence-corrected chi connectivity index (χ3v) is 3.24. The fraction of sp³-hybridized carbons (Fsp3) is 0.214. The molecule has 0 radical (unpaired) electrons. The molecule has 5 nitrogen and oxygen atoms in total. The predicted octanol–water partition coefficient (Wildman–Crippen LogP) is 2.33. The Morgan fingerprint density at radius 3 is 2.79 bits per heavy atom. The van der Waals surface area contributed by atoms with Crippen LogP contribution < -0.4 is 0 Å². The number of aromatic nitrogens is 5. The first-order valence-electron chi connectivity index (χ1n) is 6.16. The lowest BCUT2D eigenvalue weighted by Gasteiger charge is -2.11. The number of imidazole rings is 1. The van der Waals surface area contributed by atoms with E-state index in [0.29, 0.717) is 0 Å². The summed E-state index contributed by atoms with van der Waals surface area (Å²) in [5.41, 5.74) is 4.83. The first-order chi connectivity index (χ1) is 9.24. The first kappa shape index (κ1) is 11.6. The Kier molecular flexibility index (Phi) is 2.87. The molecule has 3 rings (SSSR count). The van der Waals surface area contributed by atoms with Crippen LogP contribution in [0.5, 0.6) is 0 Å². The van der Waals surface area contributed by atoms with Crippen molar-refractivity contribution in [2.24, 2.45) is 0 Å². The van der Waals surface area contributed by atoms with Gasteiger partial charge in [0.15, 0.2) is 0 Å². The molecule has 1 N–H and O–H groups in total. The normalized spacial score (nSPS) is 10.8. The molecule has 0 bridgehead atoms. The van der Waals surface area contributed by atoms with Gasteiger partial charge in [-0.1, -0.05) is 6.07 Å². The number of aromatic amines is 1. The summed E-state index contributed by atoms with van der Waals surface area (Å²) in [6, 6.07) is 4.36. The van der Waals surface area contributed by atoms with Crippen molar-refractivity contribution in [1.29, 1.82) is 0 Å². The van der Waals surface area contributed by atoms with Crippen molar-refractivity contribution in [3.05, 3.63) is 53.9 Å². The van der Waals surface area contributed by atoms with Crippen LogP contribution in [0.3, 0.4) is 0 Å². The minimum Gasteiger partial charge on any atom is -0.345 e. The van der Waals surface area contributed by atoms with Gasteiger partial charge >= 0.3 is 0 Å². The molecule has 0 fully saturated rings. The Morgan fingerprint density at radius 2 is 2.11 bits per heavy atom. The summed E-state index contributed by atoms with van der Waals surface area (Å²) < 4.78 is 1.82. The maximum Gasteiger partial charge on any atom is 0.137 e. The maximum absolute atomic E-state index is 4.32. The van der Waals surface area contributed by atoms with Gasteiger partial charge in [0.1, 0.15) is 18.5 Å². The summed E-state index contributed by atoms with van der Waals surface area (Å²) >= 11 is 0. The number of hydrogen-bond acceptors (Lipinski definition) is 3. The van der Waals surface area contributed by atoms with E-state index in [-0.39, 0.29) is 0 Å². The molecule has 0 aliphatic carbocycles. The summed E-state index contributed by atoms with van der Waals surface area (Å²) in [6.45, 7) is 4.94. The van der Waals surface area contributed by atoms with Gasteiger partial charge in [0.2, 0.25) is 0 Å². The van der Waals surface area contributed by atoms with Crippen LogP contribution in [0.1, 0.15) is 16.7 Å². The molecule has 2 heterocycles. The molecule has 2 aromatic heterocycles. The van der Waals surface area contributed by atoms with Crippen LogP contribution in [-0.4, -0.2) is 24.7 Å². The first-order valence-corrected chi connectivity index (χ1v) is 6.16. The summed E-state index contributed by atoms with van der Waals surface area (Å²) in [4.78, 5) is 11.4. The molecule has 0 amide bonds. The fourth-order valence-corrected chi connectivity index (χ4v) is 2.22. The van der Waals surface area contributed by atoms with Crippen molar-refractivity contribution in [2.75, 3.05) is 0 Å². The van der Waals surface area contributed by atoms with Crippen molar-refractivity contribution in [1.82, 2.24) is 24.7 Å². The second kappa shape index (κ2) is 4.68. The molecule has 96 valence electrons. The van der Waals surface area contributed by atoms with Crippen LogP contribution >= 0.6 is 0 Å². The highest BCUT2D eigenvalue weighted by Gasteiger charge is 2.09. The van der Waals surface area contributed by atoms with Crippen molar-refractivity contribution in [3.8, 4) is 11.4 Å². The lowest BCUT2D eigenvalue weighted by molar-refractivity contribution is 0.682. The molecule has 0 unspecified atom stereocenters. The Bertz CT molecular complexity index is 668. The van der Waals surface area contributed by atoms with Crippen LogP contribution in [0.15, 0.2) is 37.2 Å². The fourth-order valence-electron chi connectivity index (χ4n) is 2.22. The topological polar surface area (TPSA) is 59.4 Å². The van der Waals surface area contributed by atoms with Crippen LogP contribution in [0, 0.1) is 13.8 Å². The minimum absolute atomic E-state index is 0.722. The summed E-state index contributed by atoms with van der Waals surface area (Å²) in [7, 11) is 0. The molecule has 0 atom stereocenters. The number of hydrogen-bond donors (Lipinski definition) is 1. The van der Waals surface area contributed by atoms with Crippen LogP contribution in [0.4, 0.5) is 0 Å². The van der Waals surface area contributed by atoms with E-state index in [2.05, 4.69) is 46.0 Å². The van der Waals surface area contributed by atoms with E-state index < -0.39 is 0 Å². The SMILES string of the molecule is Cc1cc(C)c(-c2ncc[nH]2)cc1Cn1cncn1. The molecule has 0 aliphatic heterocycles. The number of rotatable bonds is 3. The average Bonchev–Trinajstić information content (AvgIpc) is 3.05.